The van der Waals surface area contributed by atoms with Gasteiger partial charge in [0.1, 0.15) is 11.5 Å². The molecular formula is C31H40N2O5. The third-order valence-electron chi connectivity index (χ3n) is 7.36. The molecule has 0 bridgehead atoms. The maximum absolute atomic E-state index is 13.4. The van der Waals surface area contributed by atoms with Crippen LogP contribution in [0.5, 0.6) is 5.75 Å². The zero-order valence-electron chi connectivity index (χ0n) is 23.0. The van der Waals surface area contributed by atoms with Crippen LogP contribution in [0.15, 0.2) is 48.0 Å². The fourth-order valence-electron chi connectivity index (χ4n) is 5.17. The van der Waals surface area contributed by atoms with Gasteiger partial charge >= 0.3 is 0 Å². The molecule has 2 aromatic rings. The number of benzene rings is 2. The highest BCUT2D eigenvalue weighted by atomic mass is 16.5. The summed E-state index contributed by atoms with van der Waals surface area (Å²) in [5, 5.41) is 11.5. The van der Waals surface area contributed by atoms with Crippen LogP contribution in [-0.4, -0.2) is 72.6 Å². The van der Waals surface area contributed by atoms with E-state index in [4.69, 9.17) is 9.47 Å². The van der Waals surface area contributed by atoms with Crippen LogP contribution in [0.1, 0.15) is 67.8 Å². The number of hydrogen-bond acceptors (Lipinski definition) is 6. The van der Waals surface area contributed by atoms with Crippen LogP contribution in [0.25, 0.3) is 5.76 Å². The van der Waals surface area contributed by atoms with E-state index in [1.54, 1.807) is 17.0 Å². The van der Waals surface area contributed by atoms with Crippen molar-refractivity contribution in [2.45, 2.75) is 52.5 Å². The third kappa shape index (κ3) is 6.11. The van der Waals surface area contributed by atoms with Crippen molar-refractivity contribution in [3.05, 3.63) is 70.3 Å². The van der Waals surface area contributed by atoms with Crippen molar-refractivity contribution in [1.82, 2.24) is 9.80 Å². The normalized spacial score (nSPS) is 19.9. The van der Waals surface area contributed by atoms with Gasteiger partial charge in [-0.15, -0.1) is 0 Å². The minimum atomic E-state index is -0.642. The standard InChI is InChI=1S/C31H40N2O5/c1-5-17-38-25-11-12-26(22(4)20-25)29(34)27-28(24-9-7-23(8-10-24)21(2)3)33(31(36)30(27)35)14-6-13-32-15-18-37-19-16-32/h7-12,20-21,28,34H,5-6,13-19H2,1-4H3/t28-/m1/s1. The number of ketones is 1. The second kappa shape index (κ2) is 12.6. The largest absolute Gasteiger partial charge is 0.507 e. The van der Waals surface area contributed by atoms with Gasteiger partial charge in [0.25, 0.3) is 11.7 Å². The SMILES string of the molecule is CCCOc1ccc(C(O)=C2C(=O)C(=O)N(CCCN3CCOCC3)[C@@H]2c2ccc(C(C)C)cc2)c(C)c1. The third-order valence-corrected chi connectivity index (χ3v) is 7.36. The predicted molar refractivity (Wildman–Crippen MR) is 148 cm³/mol. The zero-order valence-corrected chi connectivity index (χ0v) is 23.0. The molecule has 0 aliphatic carbocycles. The van der Waals surface area contributed by atoms with Crippen LogP contribution in [-0.2, 0) is 14.3 Å². The van der Waals surface area contributed by atoms with Crippen molar-refractivity contribution >= 4 is 17.4 Å². The quantitative estimate of drug-likeness (QED) is 0.268. The van der Waals surface area contributed by atoms with Crippen LogP contribution in [0.3, 0.4) is 0 Å². The summed E-state index contributed by atoms with van der Waals surface area (Å²) >= 11 is 0. The summed E-state index contributed by atoms with van der Waals surface area (Å²) in [5.74, 6) is -0.272. The fraction of sp³-hybridized carbons (Fsp3) is 0.484. The molecule has 1 amide bonds. The van der Waals surface area contributed by atoms with E-state index >= 15 is 0 Å². The van der Waals surface area contributed by atoms with Crippen LogP contribution >= 0.6 is 0 Å². The Morgan fingerprint density at radius 3 is 2.42 bits per heavy atom. The van der Waals surface area contributed by atoms with Gasteiger partial charge in [0.15, 0.2) is 0 Å². The lowest BCUT2D eigenvalue weighted by Crippen LogP contribution is -2.38. The average molecular weight is 521 g/mol. The Bertz CT molecular complexity index is 1170. The monoisotopic (exact) mass is 520 g/mol. The molecule has 2 aliphatic rings. The Labute approximate surface area is 226 Å². The highest BCUT2D eigenvalue weighted by molar-refractivity contribution is 6.46. The molecule has 0 unspecified atom stereocenters. The number of likely N-dealkylation sites (tertiary alicyclic amines) is 1. The van der Waals surface area contributed by atoms with Gasteiger partial charge in [0.05, 0.1) is 31.4 Å². The van der Waals surface area contributed by atoms with Crippen molar-refractivity contribution < 1.29 is 24.2 Å². The van der Waals surface area contributed by atoms with Gasteiger partial charge in [0.2, 0.25) is 0 Å². The second-order valence-electron chi connectivity index (χ2n) is 10.4. The van der Waals surface area contributed by atoms with Gasteiger partial charge in [-0.1, -0.05) is 45.0 Å². The maximum atomic E-state index is 13.4. The number of morpholine rings is 1. The summed E-state index contributed by atoms with van der Waals surface area (Å²) in [6.07, 6.45) is 1.63. The number of amides is 1. The van der Waals surface area contributed by atoms with Crippen molar-refractivity contribution in [2.24, 2.45) is 0 Å². The number of nitrogens with zero attached hydrogens (tertiary/aromatic N) is 2. The highest BCUT2D eigenvalue weighted by Gasteiger charge is 2.46. The van der Waals surface area contributed by atoms with E-state index in [9.17, 15) is 14.7 Å². The Morgan fingerprint density at radius 1 is 1.08 bits per heavy atom. The lowest BCUT2D eigenvalue weighted by atomic mass is 9.92. The molecule has 1 atom stereocenters. The predicted octanol–water partition coefficient (Wildman–Crippen LogP) is 5.05. The van der Waals surface area contributed by atoms with Crippen LogP contribution in [0.4, 0.5) is 0 Å². The number of carbonyl (C=O) groups excluding carboxylic acids is 2. The smallest absolute Gasteiger partial charge is 0.295 e. The summed E-state index contributed by atoms with van der Waals surface area (Å²) in [6.45, 7) is 13.2. The summed E-state index contributed by atoms with van der Waals surface area (Å²) < 4.78 is 11.2. The van der Waals surface area contributed by atoms with Crippen molar-refractivity contribution in [3.8, 4) is 5.75 Å². The molecule has 1 N–H and O–H groups in total. The summed E-state index contributed by atoms with van der Waals surface area (Å²) in [7, 11) is 0. The van der Waals surface area contributed by atoms with E-state index in [2.05, 4.69) is 18.7 Å². The topological polar surface area (TPSA) is 79.3 Å². The van der Waals surface area contributed by atoms with Gasteiger partial charge in [-0.3, -0.25) is 14.5 Å². The molecule has 0 saturated carbocycles. The van der Waals surface area contributed by atoms with Gasteiger partial charge in [-0.05, 0) is 60.6 Å². The number of hydrogen-bond donors (Lipinski definition) is 1. The molecule has 38 heavy (non-hydrogen) atoms. The van der Waals surface area contributed by atoms with Gasteiger partial charge < -0.3 is 19.5 Å². The first-order chi connectivity index (χ1) is 18.3. The molecule has 0 aromatic heterocycles. The second-order valence-corrected chi connectivity index (χ2v) is 10.4. The minimum Gasteiger partial charge on any atom is -0.507 e. The Hall–Kier alpha value is -3.16. The van der Waals surface area contributed by atoms with E-state index in [-0.39, 0.29) is 11.3 Å². The molecule has 2 saturated heterocycles. The lowest BCUT2D eigenvalue weighted by molar-refractivity contribution is -0.140. The Kier molecular flexibility index (Phi) is 9.23. The summed E-state index contributed by atoms with van der Waals surface area (Å²) in [5.41, 5.74) is 3.45. The average Bonchev–Trinajstić information content (AvgIpc) is 3.17. The molecule has 2 aromatic carbocycles. The maximum Gasteiger partial charge on any atom is 0.295 e. The summed E-state index contributed by atoms with van der Waals surface area (Å²) in [4.78, 5) is 30.7. The number of ether oxygens (including phenoxy) is 2. The first kappa shape index (κ1) is 27.9. The number of aliphatic hydroxyl groups is 1. The van der Waals surface area contributed by atoms with Gasteiger partial charge in [-0.2, -0.15) is 0 Å². The van der Waals surface area contributed by atoms with Crippen LogP contribution in [0.2, 0.25) is 0 Å². The molecule has 7 nitrogen and oxygen atoms in total. The number of carbonyl (C=O) groups is 2. The number of rotatable bonds is 10. The summed E-state index contributed by atoms with van der Waals surface area (Å²) in [6, 6.07) is 12.8. The zero-order chi connectivity index (χ0) is 27.2. The molecule has 2 aliphatic heterocycles. The first-order valence-electron chi connectivity index (χ1n) is 13.7. The van der Waals surface area contributed by atoms with Crippen molar-refractivity contribution in [3.63, 3.8) is 0 Å². The molecule has 2 heterocycles. The van der Waals surface area contributed by atoms with Crippen LogP contribution in [0, 0.1) is 6.92 Å². The van der Waals surface area contributed by atoms with E-state index in [0.29, 0.717) is 43.6 Å². The van der Waals surface area contributed by atoms with E-state index in [1.807, 2.05) is 44.2 Å². The molecule has 204 valence electrons. The lowest BCUT2D eigenvalue weighted by Gasteiger charge is -2.29. The van der Waals surface area contributed by atoms with E-state index in [0.717, 1.165) is 43.6 Å². The fourth-order valence-corrected chi connectivity index (χ4v) is 5.17. The molecule has 4 rings (SSSR count). The van der Waals surface area contributed by atoms with Crippen molar-refractivity contribution in [2.75, 3.05) is 46.0 Å². The molecule has 7 heteroatoms. The van der Waals surface area contributed by atoms with E-state index in [1.165, 1.54) is 5.56 Å². The number of aliphatic hydroxyl groups excluding tert-OH is 1. The number of aryl methyl sites for hydroxylation is 1. The van der Waals surface area contributed by atoms with Crippen molar-refractivity contribution in [1.29, 1.82) is 0 Å². The Balaban J connectivity index is 1.68. The molecule has 0 spiro atoms. The molecule has 0 radical (unpaired) electrons. The van der Waals surface area contributed by atoms with Gasteiger partial charge in [0, 0.05) is 31.7 Å². The Morgan fingerprint density at radius 2 is 1.79 bits per heavy atom. The van der Waals surface area contributed by atoms with E-state index < -0.39 is 17.7 Å². The van der Waals surface area contributed by atoms with Crippen LogP contribution < -0.4 is 4.74 Å². The number of Topliss-reactive ketones (excluding diaryl/α,β-unsaturated/α-hetero) is 1. The highest BCUT2D eigenvalue weighted by Crippen LogP contribution is 2.40. The minimum absolute atomic E-state index is 0.142. The molecular weight excluding hydrogens is 480 g/mol. The van der Waals surface area contributed by atoms with Gasteiger partial charge in [-0.25, -0.2) is 0 Å². The first-order valence-corrected chi connectivity index (χ1v) is 13.7. The molecule has 2 fully saturated rings.